The highest BCUT2D eigenvalue weighted by atomic mass is 16.5. The molecule has 0 radical (unpaired) electrons. The molecule has 1 N–H and O–H groups in total. The third-order valence-corrected chi connectivity index (χ3v) is 1.87. The molecular weight excluding hydrogens is 184 g/mol. The Morgan fingerprint density at radius 2 is 1.57 bits per heavy atom. The summed E-state index contributed by atoms with van der Waals surface area (Å²) in [4.78, 5) is 0. The predicted octanol–water partition coefficient (Wildman–Crippen LogP) is 0.685. The normalized spacial score (nSPS) is 13.1. The molecule has 14 heavy (non-hydrogen) atoms. The van der Waals surface area contributed by atoms with Crippen molar-refractivity contribution in [3.63, 3.8) is 0 Å². The predicted molar refractivity (Wildman–Crippen MR) is 54.4 cm³/mol. The number of rotatable bonds is 10. The Balaban J connectivity index is 2.92. The van der Waals surface area contributed by atoms with Gasteiger partial charge in [0.2, 0.25) is 0 Å². The van der Waals surface area contributed by atoms with Crippen LogP contribution in [0.5, 0.6) is 0 Å². The highest BCUT2D eigenvalue weighted by molar-refractivity contribution is 4.48. The van der Waals surface area contributed by atoms with Crippen molar-refractivity contribution in [1.82, 2.24) is 0 Å². The molecular formula is C10H22O4. The lowest BCUT2D eigenvalue weighted by Gasteiger charge is -2.08. The molecule has 0 rings (SSSR count). The smallest absolute Gasteiger partial charge is 0.0701 e. The molecule has 0 aromatic heterocycles. The van der Waals surface area contributed by atoms with Gasteiger partial charge >= 0.3 is 0 Å². The summed E-state index contributed by atoms with van der Waals surface area (Å²) < 4.78 is 15.3. The maximum atomic E-state index is 8.74. The zero-order valence-electron chi connectivity index (χ0n) is 9.20. The molecule has 0 bridgehead atoms. The lowest BCUT2D eigenvalue weighted by atomic mass is 10.1. The van der Waals surface area contributed by atoms with Gasteiger partial charge in [-0.05, 0) is 12.3 Å². The number of hydrogen-bond acceptors (Lipinski definition) is 4. The van der Waals surface area contributed by atoms with Crippen LogP contribution >= 0.6 is 0 Å². The molecule has 0 aliphatic carbocycles. The molecule has 0 aromatic rings. The third kappa shape index (κ3) is 9.92. The molecule has 0 aliphatic heterocycles. The average Bonchev–Trinajstić information content (AvgIpc) is 2.21. The highest BCUT2D eigenvalue weighted by Crippen LogP contribution is 1.99. The second kappa shape index (κ2) is 10.9. The molecule has 0 saturated heterocycles. The van der Waals surface area contributed by atoms with Crippen LogP contribution in [0, 0.1) is 5.92 Å². The molecule has 4 heteroatoms. The van der Waals surface area contributed by atoms with Crippen LogP contribution in [-0.2, 0) is 14.2 Å². The van der Waals surface area contributed by atoms with Crippen molar-refractivity contribution in [2.75, 3.05) is 46.8 Å². The first-order chi connectivity index (χ1) is 6.81. The maximum absolute atomic E-state index is 8.74. The van der Waals surface area contributed by atoms with Gasteiger partial charge in [0, 0.05) is 20.3 Å². The van der Waals surface area contributed by atoms with Gasteiger partial charge in [0.05, 0.1) is 26.4 Å². The van der Waals surface area contributed by atoms with Crippen molar-refractivity contribution in [1.29, 1.82) is 0 Å². The minimum absolute atomic E-state index is 0.230. The maximum Gasteiger partial charge on any atom is 0.0701 e. The summed E-state index contributed by atoms with van der Waals surface area (Å²) in [6, 6.07) is 0. The van der Waals surface area contributed by atoms with Gasteiger partial charge in [-0.3, -0.25) is 0 Å². The number of hydrogen-bond donors (Lipinski definition) is 1. The minimum atomic E-state index is 0.230. The van der Waals surface area contributed by atoms with Crippen LogP contribution in [0.15, 0.2) is 0 Å². The minimum Gasteiger partial charge on any atom is -0.396 e. The molecule has 4 nitrogen and oxygen atoms in total. The van der Waals surface area contributed by atoms with E-state index < -0.39 is 0 Å². The summed E-state index contributed by atoms with van der Waals surface area (Å²) >= 11 is 0. The lowest BCUT2D eigenvalue weighted by molar-refractivity contribution is 0.0207. The molecule has 0 heterocycles. The zero-order valence-corrected chi connectivity index (χ0v) is 9.20. The number of ether oxygens (including phenoxy) is 3. The van der Waals surface area contributed by atoms with E-state index in [9.17, 15) is 0 Å². The van der Waals surface area contributed by atoms with E-state index in [0.29, 0.717) is 39.0 Å². The summed E-state index contributed by atoms with van der Waals surface area (Å²) in [7, 11) is 1.65. The highest BCUT2D eigenvalue weighted by Gasteiger charge is 1.98. The van der Waals surface area contributed by atoms with Gasteiger partial charge < -0.3 is 19.3 Å². The molecule has 0 fully saturated rings. The summed E-state index contributed by atoms with van der Waals surface area (Å²) in [5.41, 5.74) is 0. The fraction of sp³-hybridized carbons (Fsp3) is 1.00. The molecule has 0 amide bonds. The molecule has 0 aliphatic rings. The Morgan fingerprint density at radius 3 is 2.14 bits per heavy atom. The summed E-state index contributed by atoms with van der Waals surface area (Å²) in [5.74, 6) is 0.324. The summed E-state index contributed by atoms with van der Waals surface area (Å²) in [6.45, 7) is 5.38. The van der Waals surface area contributed by atoms with E-state index in [1.54, 1.807) is 7.11 Å². The van der Waals surface area contributed by atoms with E-state index in [4.69, 9.17) is 19.3 Å². The van der Waals surface area contributed by atoms with Crippen LogP contribution in [0.4, 0.5) is 0 Å². The van der Waals surface area contributed by atoms with Crippen LogP contribution in [0.1, 0.15) is 13.3 Å². The van der Waals surface area contributed by atoms with Crippen molar-refractivity contribution in [2.24, 2.45) is 5.92 Å². The van der Waals surface area contributed by atoms with Crippen molar-refractivity contribution in [3.8, 4) is 0 Å². The number of aliphatic hydroxyl groups excluding tert-OH is 1. The van der Waals surface area contributed by atoms with Crippen LogP contribution in [0.3, 0.4) is 0 Å². The topological polar surface area (TPSA) is 47.9 Å². The van der Waals surface area contributed by atoms with Gasteiger partial charge in [0.1, 0.15) is 0 Å². The molecule has 0 saturated carbocycles. The Kier molecular flexibility index (Phi) is 10.8. The standard InChI is InChI=1S/C10H22O4/c1-10(9-11)3-4-13-7-8-14-6-5-12-2/h10-11H,3-9H2,1-2H3. The summed E-state index contributed by atoms with van der Waals surface area (Å²) in [5, 5.41) is 8.74. The van der Waals surface area contributed by atoms with Gasteiger partial charge in [-0.1, -0.05) is 6.92 Å². The molecule has 0 aromatic carbocycles. The molecule has 1 atom stereocenters. The van der Waals surface area contributed by atoms with Gasteiger partial charge in [-0.15, -0.1) is 0 Å². The van der Waals surface area contributed by atoms with E-state index in [0.717, 1.165) is 6.42 Å². The van der Waals surface area contributed by atoms with E-state index in [1.807, 2.05) is 6.92 Å². The van der Waals surface area contributed by atoms with Crippen LogP contribution < -0.4 is 0 Å². The van der Waals surface area contributed by atoms with Crippen molar-refractivity contribution in [2.45, 2.75) is 13.3 Å². The average molecular weight is 206 g/mol. The van der Waals surface area contributed by atoms with Gasteiger partial charge in [0.15, 0.2) is 0 Å². The van der Waals surface area contributed by atoms with Crippen LogP contribution in [-0.4, -0.2) is 51.9 Å². The second-order valence-corrected chi connectivity index (χ2v) is 3.29. The van der Waals surface area contributed by atoms with E-state index in [2.05, 4.69) is 0 Å². The molecule has 86 valence electrons. The van der Waals surface area contributed by atoms with E-state index in [-0.39, 0.29) is 6.61 Å². The van der Waals surface area contributed by atoms with Crippen LogP contribution in [0.2, 0.25) is 0 Å². The van der Waals surface area contributed by atoms with Crippen LogP contribution in [0.25, 0.3) is 0 Å². The SMILES string of the molecule is COCCOCCOCCC(C)CO. The third-order valence-electron chi connectivity index (χ3n) is 1.87. The van der Waals surface area contributed by atoms with Gasteiger partial charge in [-0.2, -0.15) is 0 Å². The van der Waals surface area contributed by atoms with Gasteiger partial charge in [-0.25, -0.2) is 0 Å². The largest absolute Gasteiger partial charge is 0.396 e. The van der Waals surface area contributed by atoms with Crippen molar-refractivity contribution >= 4 is 0 Å². The molecule has 0 spiro atoms. The number of methoxy groups -OCH3 is 1. The monoisotopic (exact) mass is 206 g/mol. The quantitative estimate of drug-likeness (QED) is 0.534. The first kappa shape index (κ1) is 13.8. The number of aliphatic hydroxyl groups is 1. The lowest BCUT2D eigenvalue weighted by Crippen LogP contribution is -2.11. The first-order valence-electron chi connectivity index (χ1n) is 5.06. The van der Waals surface area contributed by atoms with Crippen molar-refractivity contribution < 1.29 is 19.3 Å². The van der Waals surface area contributed by atoms with E-state index >= 15 is 0 Å². The Hall–Kier alpha value is -0.160. The Morgan fingerprint density at radius 1 is 1.00 bits per heavy atom. The molecule has 1 unspecified atom stereocenters. The second-order valence-electron chi connectivity index (χ2n) is 3.29. The fourth-order valence-corrected chi connectivity index (χ4v) is 0.840. The Bertz CT molecular complexity index is 108. The van der Waals surface area contributed by atoms with Crippen molar-refractivity contribution in [3.05, 3.63) is 0 Å². The van der Waals surface area contributed by atoms with E-state index in [1.165, 1.54) is 0 Å². The first-order valence-corrected chi connectivity index (χ1v) is 5.06. The fourth-order valence-electron chi connectivity index (χ4n) is 0.840. The summed E-state index contributed by atoms with van der Waals surface area (Å²) in [6.07, 6.45) is 0.897. The Labute approximate surface area is 86.2 Å². The zero-order chi connectivity index (χ0) is 10.6. The van der Waals surface area contributed by atoms with Gasteiger partial charge in [0.25, 0.3) is 0 Å².